The summed E-state index contributed by atoms with van der Waals surface area (Å²) in [5, 5.41) is 27.0. The van der Waals surface area contributed by atoms with E-state index in [-0.39, 0.29) is 13.0 Å². The number of rotatable bonds is 13. The molecular weight excluding hydrogens is 244 g/mol. The number of aliphatic hydroxyl groups is 2. The van der Waals surface area contributed by atoms with Crippen molar-refractivity contribution in [1.82, 2.24) is 0 Å². The van der Waals surface area contributed by atoms with Gasteiger partial charge in [-0.2, -0.15) is 0 Å². The summed E-state index contributed by atoms with van der Waals surface area (Å²) in [6, 6.07) is 0. The van der Waals surface area contributed by atoms with E-state index in [1.165, 1.54) is 38.5 Å². The van der Waals surface area contributed by atoms with E-state index in [0.29, 0.717) is 6.42 Å². The Labute approximate surface area is 116 Å². The molecule has 0 aliphatic heterocycles. The molecule has 0 rings (SSSR count). The second-order valence-electron chi connectivity index (χ2n) is 5.37. The Morgan fingerprint density at radius 1 is 1.00 bits per heavy atom. The van der Waals surface area contributed by atoms with Gasteiger partial charge in [0.2, 0.25) is 0 Å². The van der Waals surface area contributed by atoms with E-state index in [1.807, 2.05) is 0 Å². The highest BCUT2D eigenvalue weighted by molar-refractivity contribution is 5.69. The van der Waals surface area contributed by atoms with E-state index >= 15 is 0 Å². The van der Waals surface area contributed by atoms with Crippen molar-refractivity contribution in [2.75, 3.05) is 6.61 Å². The summed E-state index contributed by atoms with van der Waals surface area (Å²) in [6.07, 6.45) is 9.34. The van der Waals surface area contributed by atoms with Gasteiger partial charge in [-0.3, -0.25) is 4.79 Å². The van der Waals surface area contributed by atoms with Crippen LogP contribution in [0.1, 0.15) is 71.1 Å². The largest absolute Gasteiger partial charge is 0.481 e. The molecule has 0 aliphatic carbocycles. The first kappa shape index (κ1) is 18.4. The molecule has 19 heavy (non-hydrogen) atoms. The maximum Gasteiger partial charge on any atom is 0.306 e. The van der Waals surface area contributed by atoms with Crippen LogP contribution < -0.4 is 0 Å². The van der Waals surface area contributed by atoms with Gasteiger partial charge in [-0.25, -0.2) is 0 Å². The second kappa shape index (κ2) is 12.4. The maximum absolute atomic E-state index is 11.0. The van der Waals surface area contributed by atoms with Gasteiger partial charge >= 0.3 is 5.97 Å². The average molecular weight is 274 g/mol. The molecule has 0 bridgehead atoms. The summed E-state index contributed by atoms with van der Waals surface area (Å²) < 4.78 is 0. The van der Waals surface area contributed by atoms with E-state index < -0.39 is 18.0 Å². The Balaban J connectivity index is 3.56. The highest BCUT2D eigenvalue weighted by Gasteiger charge is 2.20. The van der Waals surface area contributed by atoms with Crippen molar-refractivity contribution in [3.8, 4) is 0 Å². The van der Waals surface area contributed by atoms with Crippen LogP contribution in [0.25, 0.3) is 0 Å². The molecule has 0 amide bonds. The van der Waals surface area contributed by atoms with Crippen molar-refractivity contribution in [3.63, 3.8) is 0 Å². The number of aliphatic carboxylic acids is 1. The van der Waals surface area contributed by atoms with Crippen LogP contribution in [0.3, 0.4) is 0 Å². The van der Waals surface area contributed by atoms with Gasteiger partial charge in [0.15, 0.2) is 0 Å². The number of carboxylic acid groups (broad SMARTS) is 1. The summed E-state index contributed by atoms with van der Waals surface area (Å²) in [5.74, 6) is -1.39. The van der Waals surface area contributed by atoms with Crippen LogP contribution in [-0.2, 0) is 4.79 Å². The minimum atomic E-state index is -0.907. The molecule has 0 heterocycles. The van der Waals surface area contributed by atoms with Crippen LogP contribution >= 0.6 is 0 Å². The van der Waals surface area contributed by atoms with Crippen molar-refractivity contribution in [3.05, 3.63) is 0 Å². The molecule has 114 valence electrons. The van der Waals surface area contributed by atoms with Gasteiger partial charge < -0.3 is 15.3 Å². The molecule has 2 unspecified atom stereocenters. The fraction of sp³-hybridized carbons (Fsp3) is 0.933. The Morgan fingerprint density at radius 3 is 2.00 bits per heavy atom. The minimum absolute atomic E-state index is 0.155. The van der Waals surface area contributed by atoms with E-state index in [0.717, 1.165) is 12.8 Å². The van der Waals surface area contributed by atoms with E-state index in [1.54, 1.807) is 0 Å². The van der Waals surface area contributed by atoms with Crippen molar-refractivity contribution in [2.24, 2.45) is 5.92 Å². The highest BCUT2D eigenvalue weighted by atomic mass is 16.4. The number of carbonyl (C=O) groups is 1. The number of hydrogen-bond donors (Lipinski definition) is 3. The lowest BCUT2D eigenvalue weighted by atomic mass is 9.95. The van der Waals surface area contributed by atoms with Gasteiger partial charge in [0.25, 0.3) is 0 Å². The number of carboxylic acids is 1. The molecule has 0 aliphatic rings. The summed E-state index contributed by atoms with van der Waals surface area (Å²) in [6.45, 7) is 1.84. The summed E-state index contributed by atoms with van der Waals surface area (Å²) in [4.78, 5) is 11.0. The Hall–Kier alpha value is -0.610. The van der Waals surface area contributed by atoms with Crippen LogP contribution in [0.15, 0.2) is 0 Å². The van der Waals surface area contributed by atoms with Crippen LogP contribution in [0, 0.1) is 5.92 Å². The highest BCUT2D eigenvalue weighted by Crippen LogP contribution is 2.17. The first-order chi connectivity index (χ1) is 9.11. The second-order valence-corrected chi connectivity index (χ2v) is 5.37. The van der Waals surface area contributed by atoms with Gasteiger partial charge in [0.1, 0.15) is 0 Å². The molecule has 3 N–H and O–H groups in total. The van der Waals surface area contributed by atoms with Crippen molar-refractivity contribution in [1.29, 1.82) is 0 Å². The predicted octanol–water partition coefficient (Wildman–Crippen LogP) is 2.96. The summed E-state index contributed by atoms with van der Waals surface area (Å²) >= 11 is 0. The molecule has 4 heteroatoms. The lowest BCUT2D eigenvalue weighted by molar-refractivity contribution is -0.143. The molecule has 0 aromatic rings. The molecule has 0 saturated carbocycles. The van der Waals surface area contributed by atoms with Crippen LogP contribution in [0.5, 0.6) is 0 Å². The lowest BCUT2D eigenvalue weighted by Gasteiger charge is -2.15. The Morgan fingerprint density at radius 2 is 1.53 bits per heavy atom. The normalized spacial score (nSPS) is 14.3. The Kier molecular flexibility index (Phi) is 12.0. The molecular formula is C15H30O4. The zero-order valence-electron chi connectivity index (χ0n) is 12.2. The summed E-state index contributed by atoms with van der Waals surface area (Å²) in [5.41, 5.74) is 0. The number of hydrogen-bond acceptors (Lipinski definition) is 3. The molecule has 0 saturated heterocycles. The van der Waals surface area contributed by atoms with Gasteiger partial charge in [-0.15, -0.1) is 0 Å². The zero-order valence-corrected chi connectivity index (χ0v) is 12.2. The van der Waals surface area contributed by atoms with Crippen molar-refractivity contribution < 1.29 is 20.1 Å². The smallest absolute Gasteiger partial charge is 0.306 e. The molecule has 4 nitrogen and oxygen atoms in total. The van der Waals surface area contributed by atoms with Gasteiger partial charge in [-0.05, 0) is 12.8 Å². The fourth-order valence-electron chi connectivity index (χ4n) is 2.27. The van der Waals surface area contributed by atoms with Crippen LogP contribution in [0.2, 0.25) is 0 Å². The van der Waals surface area contributed by atoms with Gasteiger partial charge in [0.05, 0.1) is 18.6 Å². The summed E-state index contributed by atoms with van der Waals surface area (Å²) in [7, 11) is 0. The third-order valence-electron chi connectivity index (χ3n) is 3.52. The van der Waals surface area contributed by atoms with E-state index in [2.05, 4.69) is 6.92 Å². The zero-order chi connectivity index (χ0) is 14.5. The first-order valence-corrected chi connectivity index (χ1v) is 7.63. The maximum atomic E-state index is 11.0. The fourth-order valence-corrected chi connectivity index (χ4v) is 2.27. The monoisotopic (exact) mass is 274 g/mol. The van der Waals surface area contributed by atoms with E-state index in [9.17, 15) is 9.90 Å². The van der Waals surface area contributed by atoms with Gasteiger partial charge in [-0.1, -0.05) is 58.3 Å². The van der Waals surface area contributed by atoms with Crippen molar-refractivity contribution >= 4 is 5.97 Å². The third-order valence-corrected chi connectivity index (χ3v) is 3.52. The SMILES string of the molecule is CCCCCCCCCCC(CC(O)CO)C(=O)O. The molecule has 0 fully saturated rings. The molecule has 0 radical (unpaired) electrons. The molecule has 0 aromatic carbocycles. The van der Waals surface area contributed by atoms with Crippen LogP contribution in [0.4, 0.5) is 0 Å². The topological polar surface area (TPSA) is 77.8 Å². The average Bonchev–Trinajstić information content (AvgIpc) is 2.39. The molecule has 2 atom stereocenters. The van der Waals surface area contributed by atoms with Crippen LogP contribution in [-0.4, -0.2) is 34.0 Å². The lowest BCUT2D eigenvalue weighted by Crippen LogP contribution is -2.23. The standard InChI is InChI=1S/C15H30O4/c1-2-3-4-5-6-7-8-9-10-13(15(18)19)11-14(17)12-16/h13-14,16-17H,2-12H2,1H3,(H,18,19). The molecule has 0 aromatic heterocycles. The number of unbranched alkanes of at least 4 members (excludes halogenated alkanes) is 7. The number of aliphatic hydroxyl groups excluding tert-OH is 2. The Bertz CT molecular complexity index is 218. The third kappa shape index (κ3) is 11.0. The molecule has 0 spiro atoms. The van der Waals surface area contributed by atoms with Crippen molar-refractivity contribution in [2.45, 2.75) is 77.2 Å². The van der Waals surface area contributed by atoms with Gasteiger partial charge in [0, 0.05) is 0 Å². The predicted molar refractivity (Wildman–Crippen MR) is 76.1 cm³/mol. The first-order valence-electron chi connectivity index (χ1n) is 7.63. The van der Waals surface area contributed by atoms with E-state index in [4.69, 9.17) is 10.2 Å². The minimum Gasteiger partial charge on any atom is -0.481 e. The quantitative estimate of drug-likeness (QED) is 0.451.